The van der Waals surface area contributed by atoms with Crippen LogP contribution in [0.4, 0.5) is 0 Å². The molecule has 0 radical (unpaired) electrons. The molecule has 0 bridgehead atoms. The lowest BCUT2D eigenvalue weighted by atomic mass is 10.1. The molecular formula is C8H11BrO3S. The van der Waals surface area contributed by atoms with Crippen LogP contribution < -0.4 is 0 Å². The first kappa shape index (κ1) is 11.1. The highest BCUT2D eigenvalue weighted by molar-refractivity contribution is 9.09. The lowest BCUT2D eigenvalue weighted by Crippen LogP contribution is -2.19. The Hall–Kier alpha value is 0.0600. The zero-order chi connectivity index (χ0) is 9.84. The standard InChI is InChI=1S/C8H11BrO3S/c9-3-6(11)8(12)5-1-2-13-7(5)4-10/h1-2,6,8,10-12H,3-4H2. The van der Waals surface area contributed by atoms with Gasteiger partial charge < -0.3 is 15.3 Å². The molecule has 3 N–H and O–H groups in total. The molecule has 13 heavy (non-hydrogen) atoms. The van der Waals surface area contributed by atoms with Crippen molar-refractivity contribution in [3.63, 3.8) is 0 Å². The second kappa shape index (κ2) is 5.07. The van der Waals surface area contributed by atoms with Gasteiger partial charge in [-0.05, 0) is 17.0 Å². The molecule has 2 unspecified atom stereocenters. The first-order valence-corrected chi connectivity index (χ1v) is 5.80. The summed E-state index contributed by atoms with van der Waals surface area (Å²) in [6, 6.07) is 1.72. The van der Waals surface area contributed by atoms with Gasteiger partial charge in [0.25, 0.3) is 0 Å². The fourth-order valence-corrected chi connectivity index (χ4v) is 2.17. The Balaban J connectivity index is 2.81. The average Bonchev–Trinajstić information content (AvgIpc) is 2.62. The molecule has 0 fully saturated rings. The highest BCUT2D eigenvalue weighted by Crippen LogP contribution is 2.26. The predicted molar refractivity (Wildman–Crippen MR) is 55.0 cm³/mol. The largest absolute Gasteiger partial charge is 0.391 e. The van der Waals surface area contributed by atoms with Crippen LogP contribution in [0, 0.1) is 0 Å². The lowest BCUT2D eigenvalue weighted by Gasteiger charge is -2.15. The quantitative estimate of drug-likeness (QED) is 0.714. The third kappa shape index (κ3) is 2.51. The average molecular weight is 267 g/mol. The molecule has 0 saturated carbocycles. The Bertz CT molecular complexity index is 264. The zero-order valence-electron chi connectivity index (χ0n) is 6.85. The maximum absolute atomic E-state index is 9.61. The minimum atomic E-state index is -0.923. The van der Waals surface area contributed by atoms with E-state index in [-0.39, 0.29) is 6.61 Å². The van der Waals surface area contributed by atoms with Gasteiger partial charge in [-0.3, -0.25) is 0 Å². The molecule has 3 nitrogen and oxygen atoms in total. The van der Waals surface area contributed by atoms with E-state index in [1.165, 1.54) is 11.3 Å². The monoisotopic (exact) mass is 266 g/mol. The number of halogens is 1. The highest BCUT2D eigenvalue weighted by Gasteiger charge is 2.20. The maximum atomic E-state index is 9.61. The van der Waals surface area contributed by atoms with Gasteiger partial charge in [-0.1, -0.05) is 15.9 Å². The number of hydrogen-bond acceptors (Lipinski definition) is 4. The second-order valence-corrected chi connectivity index (χ2v) is 4.27. The minimum absolute atomic E-state index is 0.0981. The van der Waals surface area contributed by atoms with Crippen molar-refractivity contribution < 1.29 is 15.3 Å². The maximum Gasteiger partial charge on any atom is 0.107 e. The summed E-state index contributed by atoms with van der Waals surface area (Å²) in [4.78, 5) is 0.701. The molecule has 0 saturated heterocycles. The second-order valence-electron chi connectivity index (χ2n) is 2.62. The smallest absolute Gasteiger partial charge is 0.107 e. The van der Waals surface area contributed by atoms with Crippen LogP contribution in [0.3, 0.4) is 0 Å². The van der Waals surface area contributed by atoms with E-state index in [0.717, 1.165) is 0 Å². The summed E-state index contributed by atoms with van der Waals surface area (Å²) < 4.78 is 0. The molecule has 0 spiro atoms. The van der Waals surface area contributed by atoms with E-state index in [1.54, 1.807) is 11.4 Å². The van der Waals surface area contributed by atoms with E-state index in [0.29, 0.717) is 15.8 Å². The summed E-state index contributed by atoms with van der Waals surface area (Å²) in [5.74, 6) is 0. The zero-order valence-corrected chi connectivity index (χ0v) is 9.25. The number of thiophene rings is 1. The van der Waals surface area contributed by atoms with Crippen LogP contribution in [-0.2, 0) is 6.61 Å². The van der Waals surface area contributed by atoms with Gasteiger partial charge in [0.15, 0.2) is 0 Å². The van der Waals surface area contributed by atoms with Gasteiger partial charge in [0.2, 0.25) is 0 Å². The first-order chi connectivity index (χ1) is 6.20. The van der Waals surface area contributed by atoms with E-state index >= 15 is 0 Å². The number of aliphatic hydroxyl groups excluding tert-OH is 3. The van der Waals surface area contributed by atoms with Gasteiger partial charge in [-0.25, -0.2) is 0 Å². The minimum Gasteiger partial charge on any atom is -0.391 e. The summed E-state index contributed by atoms with van der Waals surface area (Å²) in [7, 11) is 0. The number of alkyl halides is 1. The van der Waals surface area contributed by atoms with Crippen LogP contribution in [0.25, 0.3) is 0 Å². The molecule has 0 aliphatic rings. The number of rotatable bonds is 4. The van der Waals surface area contributed by atoms with Gasteiger partial charge in [0, 0.05) is 10.2 Å². The van der Waals surface area contributed by atoms with Gasteiger partial charge >= 0.3 is 0 Å². The van der Waals surface area contributed by atoms with Gasteiger partial charge in [-0.15, -0.1) is 11.3 Å². The normalized spacial score (nSPS) is 15.7. The fourth-order valence-electron chi connectivity index (χ4n) is 1.03. The van der Waals surface area contributed by atoms with Crippen LogP contribution >= 0.6 is 27.3 Å². The molecule has 0 aromatic carbocycles. The molecule has 1 heterocycles. The molecule has 1 rings (SSSR count). The summed E-state index contributed by atoms with van der Waals surface area (Å²) in [5.41, 5.74) is 0.611. The molecule has 5 heteroatoms. The number of hydrogen-bond donors (Lipinski definition) is 3. The molecule has 2 atom stereocenters. The van der Waals surface area contributed by atoms with E-state index in [2.05, 4.69) is 15.9 Å². The van der Waals surface area contributed by atoms with Crippen molar-refractivity contribution in [1.82, 2.24) is 0 Å². The van der Waals surface area contributed by atoms with E-state index in [1.807, 2.05) is 0 Å². The SMILES string of the molecule is OCc1sccc1C(O)C(O)CBr. The van der Waals surface area contributed by atoms with Crippen molar-refractivity contribution in [3.05, 3.63) is 21.9 Å². The third-order valence-electron chi connectivity index (χ3n) is 1.76. The van der Waals surface area contributed by atoms with Gasteiger partial charge in [-0.2, -0.15) is 0 Å². The molecular weight excluding hydrogens is 256 g/mol. The Morgan fingerprint density at radius 2 is 2.15 bits per heavy atom. The van der Waals surface area contributed by atoms with E-state index in [9.17, 15) is 10.2 Å². The first-order valence-electron chi connectivity index (χ1n) is 3.80. The van der Waals surface area contributed by atoms with Crippen LogP contribution in [-0.4, -0.2) is 26.8 Å². The molecule has 0 amide bonds. The van der Waals surface area contributed by atoms with Crippen molar-refractivity contribution in [2.75, 3.05) is 5.33 Å². The van der Waals surface area contributed by atoms with Crippen molar-refractivity contribution in [2.24, 2.45) is 0 Å². The van der Waals surface area contributed by atoms with E-state index in [4.69, 9.17) is 5.11 Å². The molecule has 1 aromatic rings. The van der Waals surface area contributed by atoms with Crippen molar-refractivity contribution in [3.8, 4) is 0 Å². The Labute approximate surface area is 88.8 Å². The van der Waals surface area contributed by atoms with Crippen LogP contribution in [0.2, 0.25) is 0 Å². The molecule has 0 aliphatic carbocycles. The summed E-state index contributed by atoms with van der Waals surface area (Å²) in [5, 5.41) is 30.0. The summed E-state index contributed by atoms with van der Waals surface area (Å²) in [6.07, 6.45) is -1.76. The number of aliphatic hydroxyl groups is 3. The molecule has 74 valence electrons. The Morgan fingerprint density at radius 1 is 1.46 bits per heavy atom. The summed E-state index contributed by atoms with van der Waals surface area (Å²) >= 11 is 4.45. The van der Waals surface area contributed by atoms with Crippen LogP contribution in [0.5, 0.6) is 0 Å². The Kier molecular flexibility index (Phi) is 4.34. The van der Waals surface area contributed by atoms with Crippen LogP contribution in [0.15, 0.2) is 11.4 Å². The lowest BCUT2D eigenvalue weighted by molar-refractivity contribution is 0.0334. The topological polar surface area (TPSA) is 60.7 Å². The highest BCUT2D eigenvalue weighted by atomic mass is 79.9. The van der Waals surface area contributed by atoms with Gasteiger partial charge in [0.1, 0.15) is 6.10 Å². The van der Waals surface area contributed by atoms with Crippen molar-refractivity contribution >= 4 is 27.3 Å². The Morgan fingerprint density at radius 3 is 2.69 bits per heavy atom. The van der Waals surface area contributed by atoms with E-state index < -0.39 is 12.2 Å². The fraction of sp³-hybridized carbons (Fsp3) is 0.500. The van der Waals surface area contributed by atoms with Gasteiger partial charge in [0.05, 0.1) is 12.7 Å². The van der Waals surface area contributed by atoms with Crippen molar-refractivity contribution in [2.45, 2.75) is 18.8 Å². The molecule has 0 aliphatic heterocycles. The molecule has 1 aromatic heterocycles. The van der Waals surface area contributed by atoms with Crippen molar-refractivity contribution in [1.29, 1.82) is 0 Å². The predicted octanol–water partition coefficient (Wildman–Crippen LogP) is 1.03. The summed E-state index contributed by atoms with van der Waals surface area (Å²) in [6.45, 7) is -0.0981. The van der Waals surface area contributed by atoms with Crippen LogP contribution in [0.1, 0.15) is 16.5 Å². The third-order valence-corrected chi connectivity index (χ3v) is 3.35.